The monoisotopic (exact) mass is 289 g/mol. The van der Waals surface area contributed by atoms with Gasteiger partial charge >= 0.3 is 0 Å². The third-order valence-electron chi connectivity index (χ3n) is 3.48. The third kappa shape index (κ3) is 4.78. The Kier molecular flexibility index (Phi) is 4.94. The Morgan fingerprint density at radius 1 is 1.19 bits per heavy atom. The fourth-order valence-corrected chi connectivity index (χ4v) is 2.15. The van der Waals surface area contributed by atoms with Crippen molar-refractivity contribution >= 4 is 6.08 Å². The summed E-state index contributed by atoms with van der Waals surface area (Å²) in [5.74, 6) is 2.20. The van der Waals surface area contributed by atoms with Crippen LogP contribution in [0.4, 0.5) is 0 Å². The summed E-state index contributed by atoms with van der Waals surface area (Å²) in [6.07, 6.45) is 2.25. The van der Waals surface area contributed by atoms with Crippen LogP contribution < -0.4 is 14.8 Å². The molecule has 0 atom stereocenters. The summed E-state index contributed by atoms with van der Waals surface area (Å²) in [4.78, 5) is 0. The Balaban J connectivity index is 2.17. The van der Waals surface area contributed by atoms with Crippen molar-refractivity contribution in [3.05, 3.63) is 29.3 Å². The summed E-state index contributed by atoms with van der Waals surface area (Å²) < 4.78 is 11.2. The van der Waals surface area contributed by atoms with Crippen molar-refractivity contribution in [1.82, 2.24) is 5.32 Å². The molecule has 0 spiro atoms. The van der Waals surface area contributed by atoms with Crippen molar-refractivity contribution in [2.24, 2.45) is 5.92 Å². The van der Waals surface area contributed by atoms with E-state index in [4.69, 9.17) is 9.47 Å². The van der Waals surface area contributed by atoms with Gasteiger partial charge in [-0.1, -0.05) is 31.6 Å². The molecule has 116 valence electrons. The maximum absolute atomic E-state index is 5.65. The molecule has 3 nitrogen and oxygen atoms in total. The molecular weight excluding hydrogens is 262 g/mol. The molecule has 0 fully saturated rings. The molecule has 1 aromatic rings. The molecule has 2 rings (SSSR count). The van der Waals surface area contributed by atoms with Gasteiger partial charge in [0.2, 0.25) is 0 Å². The molecule has 0 saturated carbocycles. The summed E-state index contributed by atoms with van der Waals surface area (Å²) in [5, 5.41) is 3.56. The number of hydrogen-bond donors (Lipinski definition) is 1. The quantitative estimate of drug-likeness (QED) is 0.912. The van der Waals surface area contributed by atoms with E-state index in [9.17, 15) is 0 Å². The van der Waals surface area contributed by atoms with Crippen molar-refractivity contribution in [2.75, 3.05) is 19.8 Å². The predicted octanol–water partition coefficient (Wildman–Crippen LogP) is 3.89. The summed E-state index contributed by atoms with van der Waals surface area (Å²) in [6.45, 7) is 13.2. The molecule has 0 amide bonds. The Labute approximate surface area is 128 Å². The topological polar surface area (TPSA) is 30.5 Å². The van der Waals surface area contributed by atoms with Gasteiger partial charge in [-0.15, -0.1) is 0 Å². The Bertz CT molecular complexity index is 512. The van der Waals surface area contributed by atoms with Gasteiger partial charge in [0.05, 0.1) is 0 Å². The van der Waals surface area contributed by atoms with Crippen molar-refractivity contribution < 1.29 is 9.47 Å². The minimum Gasteiger partial charge on any atom is -0.486 e. The normalized spacial score (nSPS) is 15.4. The molecule has 1 aliphatic rings. The van der Waals surface area contributed by atoms with E-state index in [0.717, 1.165) is 18.0 Å². The first-order valence-corrected chi connectivity index (χ1v) is 7.70. The minimum absolute atomic E-state index is 0.126. The highest BCUT2D eigenvalue weighted by Crippen LogP contribution is 2.31. The fourth-order valence-electron chi connectivity index (χ4n) is 2.15. The number of benzene rings is 1. The SMILES string of the molecule is CC(C)C(=Cc1ccc2c(c1)OCCO2)CNC(C)(C)C. The van der Waals surface area contributed by atoms with Gasteiger partial charge in [0.25, 0.3) is 0 Å². The lowest BCUT2D eigenvalue weighted by atomic mass is 9.98. The van der Waals surface area contributed by atoms with Gasteiger partial charge in [-0.3, -0.25) is 0 Å². The average Bonchev–Trinajstić information content (AvgIpc) is 2.42. The van der Waals surface area contributed by atoms with Crippen molar-refractivity contribution in [2.45, 2.75) is 40.2 Å². The van der Waals surface area contributed by atoms with Crippen LogP contribution in [-0.4, -0.2) is 25.3 Å². The van der Waals surface area contributed by atoms with Crippen LogP contribution in [0.5, 0.6) is 11.5 Å². The molecule has 1 aliphatic heterocycles. The zero-order valence-electron chi connectivity index (χ0n) is 13.8. The van der Waals surface area contributed by atoms with E-state index in [0.29, 0.717) is 19.1 Å². The lowest BCUT2D eigenvalue weighted by Crippen LogP contribution is -2.37. The first kappa shape index (κ1) is 15.9. The number of rotatable bonds is 4. The number of nitrogens with one attached hydrogen (secondary N) is 1. The van der Waals surface area contributed by atoms with Gasteiger partial charge in [0, 0.05) is 12.1 Å². The second-order valence-corrected chi connectivity index (χ2v) is 6.88. The molecule has 0 unspecified atom stereocenters. The Morgan fingerprint density at radius 2 is 1.86 bits per heavy atom. The van der Waals surface area contributed by atoms with E-state index in [1.54, 1.807) is 0 Å². The van der Waals surface area contributed by atoms with Crippen molar-refractivity contribution in [3.8, 4) is 11.5 Å². The zero-order valence-corrected chi connectivity index (χ0v) is 13.8. The summed E-state index contributed by atoms with van der Waals surface area (Å²) in [7, 11) is 0. The minimum atomic E-state index is 0.126. The molecule has 0 bridgehead atoms. The molecule has 0 aliphatic carbocycles. The highest BCUT2D eigenvalue weighted by atomic mass is 16.6. The van der Waals surface area contributed by atoms with Gasteiger partial charge in [-0.2, -0.15) is 0 Å². The van der Waals surface area contributed by atoms with Gasteiger partial charge in [0.1, 0.15) is 13.2 Å². The molecular formula is C18H27NO2. The van der Waals surface area contributed by atoms with Crippen LogP contribution in [0.25, 0.3) is 6.08 Å². The molecule has 1 aromatic carbocycles. The van der Waals surface area contributed by atoms with E-state index >= 15 is 0 Å². The van der Waals surface area contributed by atoms with E-state index in [1.165, 1.54) is 11.1 Å². The first-order chi connectivity index (χ1) is 9.85. The van der Waals surface area contributed by atoms with Crippen LogP contribution in [0.3, 0.4) is 0 Å². The van der Waals surface area contributed by atoms with Crippen LogP contribution in [0.1, 0.15) is 40.2 Å². The molecule has 1 heterocycles. The van der Waals surface area contributed by atoms with Crippen LogP contribution in [0.2, 0.25) is 0 Å². The smallest absolute Gasteiger partial charge is 0.161 e. The molecule has 0 radical (unpaired) electrons. The molecule has 0 aromatic heterocycles. The highest BCUT2D eigenvalue weighted by Gasteiger charge is 2.13. The maximum atomic E-state index is 5.65. The van der Waals surface area contributed by atoms with Crippen LogP contribution in [0.15, 0.2) is 23.8 Å². The molecule has 21 heavy (non-hydrogen) atoms. The highest BCUT2D eigenvalue weighted by molar-refractivity contribution is 5.59. The standard InChI is InChI=1S/C18H27NO2/c1-13(2)15(12-19-18(3,4)5)10-14-6-7-16-17(11-14)21-9-8-20-16/h6-7,10-11,13,19H,8-9,12H2,1-5H3. The van der Waals surface area contributed by atoms with Crippen LogP contribution >= 0.6 is 0 Å². The number of fused-ring (bicyclic) bond motifs is 1. The largest absolute Gasteiger partial charge is 0.486 e. The Hall–Kier alpha value is -1.48. The lowest BCUT2D eigenvalue weighted by Gasteiger charge is -2.23. The van der Waals surface area contributed by atoms with E-state index < -0.39 is 0 Å². The van der Waals surface area contributed by atoms with Gasteiger partial charge < -0.3 is 14.8 Å². The van der Waals surface area contributed by atoms with E-state index in [2.05, 4.69) is 58.1 Å². The lowest BCUT2D eigenvalue weighted by molar-refractivity contribution is 0.171. The predicted molar refractivity (Wildman–Crippen MR) is 88.0 cm³/mol. The van der Waals surface area contributed by atoms with Crippen LogP contribution in [0, 0.1) is 5.92 Å². The molecule has 1 N–H and O–H groups in total. The van der Waals surface area contributed by atoms with Gasteiger partial charge in [-0.05, 0) is 44.4 Å². The maximum Gasteiger partial charge on any atom is 0.161 e. The number of hydrogen-bond acceptors (Lipinski definition) is 3. The second-order valence-electron chi connectivity index (χ2n) is 6.88. The van der Waals surface area contributed by atoms with Crippen molar-refractivity contribution in [3.63, 3.8) is 0 Å². The van der Waals surface area contributed by atoms with E-state index in [1.807, 2.05) is 6.07 Å². The summed E-state index contributed by atoms with van der Waals surface area (Å²) in [6, 6.07) is 6.15. The van der Waals surface area contributed by atoms with Crippen LogP contribution in [-0.2, 0) is 0 Å². The zero-order chi connectivity index (χ0) is 15.5. The summed E-state index contributed by atoms with van der Waals surface area (Å²) >= 11 is 0. The van der Waals surface area contributed by atoms with E-state index in [-0.39, 0.29) is 5.54 Å². The Morgan fingerprint density at radius 3 is 2.48 bits per heavy atom. The second kappa shape index (κ2) is 6.52. The third-order valence-corrected chi connectivity index (χ3v) is 3.48. The van der Waals surface area contributed by atoms with Gasteiger partial charge in [0.15, 0.2) is 11.5 Å². The van der Waals surface area contributed by atoms with Crippen molar-refractivity contribution in [1.29, 1.82) is 0 Å². The fraction of sp³-hybridized carbons (Fsp3) is 0.556. The number of ether oxygens (including phenoxy) is 2. The molecule has 3 heteroatoms. The van der Waals surface area contributed by atoms with Gasteiger partial charge in [-0.25, -0.2) is 0 Å². The first-order valence-electron chi connectivity index (χ1n) is 7.70. The average molecular weight is 289 g/mol. The summed E-state index contributed by atoms with van der Waals surface area (Å²) in [5.41, 5.74) is 2.68. The molecule has 0 saturated heterocycles.